The standard InChI is InChI=1S/C10H20O5/c1-13-10(12)9-15-8-7-14-6-4-2-3-5-11/h11H,2-9H2,1H3. The zero-order valence-corrected chi connectivity index (χ0v) is 9.24. The molecule has 90 valence electrons. The van der Waals surface area contributed by atoms with Crippen molar-refractivity contribution in [2.75, 3.05) is 40.1 Å². The van der Waals surface area contributed by atoms with Crippen molar-refractivity contribution < 1.29 is 24.1 Å². The van der Waals surface area contributed by atoms with Crippen molar-refractivity contribution in [2.24, 2.45) is 0 Å². The fraction of sp³-hybridized carbons (Fsp3) is 0.900. The lowest BCUT2D eigenvalue weighted by Gasteiger charge is -2.04. The zero-order valence-electron chi connectivity index (χ0n) is 9.24. The molecular formula is C10H20O5. The largest absolute Gasteiger partial charge is 0.467 e. The van der Waals surface area contributed by atoms with Gasteiger partial charge in [0.2, 0.25) is 0 Å². The number of ether oxygens (including phenoxy) is 3. The van der Waals surface area contributed by atoms with E-state index in [9.17, 15) is 4.79 Å². The molecule has 5 nitrogen and oxygen atoms in total. The van der Waals surface area contributed by atoms with Gasteiger partial charge < -0.3 is 19.3 Å². The highest BCUT2D eigenvalue weighted by molar-refractivity contribution is 5.70. The zero-order chi connectivity index (χ0) is 11.4. The highest BCUT2D eigenvalue weighted by Gasteiger charge is 1.98. The van der Waals surface area contributed by atoms with Crippen LogP contribution in [0.3, 0.4) is 0 Å². The first-order chi connectivity index (χ1) is 7.31. The van der Waals surface area contributed by atoms with Crippen LogP contribution in [0.2, 0.25) is 0 Å². The minimum absolute atomic E-state index is 0.0234. The van der Waals surface area contributed by atoms with Crippen LogP contribution in [0.4, 0.5) is 0 Å². The van der Waals surface area contributed by atoms with Crippen molar-refractivity contribution in [3.8, 4) is 0 Å². The van der Waals surface area contributed by atoms with Gasteiger partial charge in [-0.05, 0) is 19.3 Å². The van der Waals surface area contributed by atoms with E-state index in [2.05, 4.69) is 4.74 Å². The van der Waals surface area contributed by atoms with Crippen molar-refractivity contribution in [1.29, 1.82) is 0 Å². The van der Waals surface area contributed by atoms with Crippen molar-refractivity contribution in [3.63, 3.8) is 0 Å². The molecule has 0 aromatic carbocycles. The molecule has 0 unspecified atom stereocenters. The smallest absolute Gasteiger partial charge is 0.331 e. The summed E-state index contributed by atoms with van der Waals surface area (Å²) in [6.07, 6.45) is 2.74. The molecule has 0 aromatic rings. The molecule has 0 aliphatic carbocycles. The first-order valence-electron chi connectivity index (χ1n) is 5.14. The van der Waals surface area contributed by atoms with Crippen LogP contribution in [0.1, 0.15) is 19.3 Å². The Balaban J connectivity index is 2.95. The predicted molar refractivity (Wildman–Crippen MR) is 54.6 cm³/mol. The second-order valence-electron chi connectivity index (χ2n) is 3.03. The van der Waals surface area contributed by atoms with Crippen molar-refractivity contribution >= 4 is 5.97 Å². The highest BCUT2D eigenvalue weighted by atomic mass is 16.6. The molecule has 5 heteroatoms. The Bertz CT molecular complexity index is 149. The molecule has 0 rings (SSSR count). The van der Waals surface area contributed by atoms with Crippen LogP contribution in [0.25, 0.3) is 0 Å². The van der Waals surface area contributed by atoms with Gasteiger partial charge >= 0.3 is 5.97 Å². The molecule has 0 atom stereocenters. The van der Waals surface area contributed by atoms with Crippen LogP contribution in [0.15, 0.2) is 0 Å². The quantitative estimate of drug-likeness (QED) is 0.425. The number of hydrogen-bond donors (Lipinski definition) is 1. The molecule has 15 heavy (non-hydrogen) atoms. The summed E-state index contributed by atoms with van der Waals surface area (Å²) in [4.78, 5) is 10.6. The Hall–Kier alpha value is -0.650. The lowest BCUT2D eigenvalue weighted by Crippen LogP contribution is -2.13. The van der Waals surface area contributed by atoms with E-state index < -0.39 is 0 Å². The third-order valence-corrected chi connectivity index (χ3v) is 1.77. The summed E-state index contributed by atoms with van der Waals surface area (Å²) in [6, 6.07) is 0. The number of esters is 1. The lowest BCUT2D eigenvalue weighted by molar-refractivity contribution is -0.146. The fourth-order valence-corrected chi connectivity index (χ4v) is 0.927. The SMILES string of the molecule is COC(=O)COCCOCCCCCO. The minimum Gasteiger partial charge on any atom is -0.467 e. The Kier molecular flexibility index (Phi) is 10.9. The van der Waals surface area contributed by atoms with Crippen molar-refractivity contribution in [2.45, 2.75) is 19.3 Å². The minimum atomic E-state index is -0.377. The predicted octanol–water partition coefficient (Wildman–Crippen LogP) is 0.355. The number of hydrogen-bond acceptors (Lipinski definition) is 5. The number of carbonyl (C=O) groups is 1. The van der Waals surface area contributed by atoms with Crippen LogP contribution in [-0.2, 0) is 19.0 Å². The van der Waals surface area contributed by atoms with Gasteiger partial charge in [0.1, 0.15) is 6.61 Å². The van der Waals surface area contributed by atoms with Crippen LogP contribution in [0, 0.1) is 0 Å². The van der Waals surface area contributed by atoms with Gasteiger partial charge in [-0.25, -0.2) is 4.79 Å². The van der Waals surface area contributed by atoms with Gasteiger partial charge in [0, 0.05) is 13.2 Å². The van der Waals surface area contributed by atoms with Gasteiger partial charge in [0.15, 0.2) is 0 Å². The molecule has 0 bridgehead atoms. The number of aliphatic hydroxyl groups is 1. The average molecular weight is 220 g/mol. The second-order valence-corrected chi connectivity index (χ2v) is 3.03. The average Bonchev–Trinajstić information content (AvgIpc) is 2.26. The number of aliphatic hydroxyl groups excluding tert-OH is 1. The topological polar surface area (TPSA) is 65.0 Å². The van der Waals surface area contributed by atoms with Crippen LogP contribution < -0.4 is 0 Å². The second kappa shape index (κ2) is 11.4. The summed E-state index contributed by atoms with van der Waals surface area (Å²) in [5, 5.41) is 8.51. The maximum absolute atomic E-state index is 10.6. The maximum atomic E-state index is 10.6. The van der Waals surface area contributed by atoms with E-state index in [4.69, 9.17) is 14.6 Å². The van der Waals surface area contributed by atoms with Crippen molar-refractivity contribution in [3.05, 3.63) is 0 Å². The van der Waals surface area contributed by atoms with E-state index in [1.165, 1.54) is 7.11 Å². The molecule has 0 amide bonds. The van der Waals surface area contributed by atoms with E-state index in [-0.39, 0.29) is 19.2 Å². The Morgan fingerprint density at radius 2 is 1.80 bits per heavy atom. The fourth-order valence-electron chi connectivity index (χ4n) is 0.927. The highest BCUT2D eigenvalue weighted by Crippen LogP contribution is 1.94. The molecule has 0 aliphatic heterocycles. The maximum Gasteiger partial charge on any atom is 0.331 e. The van der Waals surface area contributed by atoms with Gasteiger partial charge in [-0.3, -0.25) is 0 Å². The molecule has 0 heterocycles. The summed E-state index contributed by atoms with van der Waals surface area (Å²) >= 11 is 0. The van der Waals surface area contributed by atoms with Crippen LogP contribution in [0.5, 0.6) is 0 Å². The van der Waals surface area contributed by atoms with Gasteiger partial charge in [0.25, 0.3) is 0 Å². The first-order valence-corrected chi connectivity index (χ1v) is 5.14. The van der Waals surface area contributed by atoms with E-state index in [0.29, 0.717) is 19.8 Å². The summed E-state index contributed by atoms with van der Waals surface area (Å²) in [5.74, 6) is -0.377. The molecule has 0 spiro atoms. The summed E-state index contributed by atoms with van der Waals surface area (Å²) in [7, 11) is 1.32. The van der Waals surface area contributed by atoms with E-state index in [1.54, 1.807) is 0 Å². The Morgan fingerprint density at radius 1 is 1.07 bits per heavy atom. The van der Waals surface area contributed by atoms with E-state index in [0.717, 1.165) is 19.3 Å². The molecule has 0 saturated carbocycles. The molecule has 0 saturated heterocycles. The Labute approximate surface area is 90.3 Å². The Morgan fingerprint density at radius 3 is 2.47 bits per heavy atom. The third kappa shape index (κ3) is 11.3. The normalized spacial score (nSPS) is 10.3. The number of carbonyl (C=O) groups excluding carboxylic acids is 1. The molecule has 1 N–H and O–H groups in total. The summed E-state index contributed by atoms with van der Waals surface area (Å²) in [6.45, 7) is 1.76. The number of unbranched alkanes of at least 4 members (excludes halogenated alkanes) is 2. The third-order valence-electron chi connectivity index (χ3n) is 1.77. The molecule has 0 aliphatic rings. The van der Waals surface area contributed by atoms with Gasteiger partial charge in [-0.2, -0.15) is 0 Å². The monoisotopic (exact) mass is 220 g/mol. The first kappa shape index (κ1) is 14.3. The molecular weight excluding hydrogens is 200 g/mol. The lowest BCUT2D eigenvalue weighted by atomic mass is 10.2. The van der Waals surface area contributed by atoms with Crippen molar-refractivity contribution in [1.82, 2.24) is 0 Å². The van der Waals surface area contributed by atoms with Crippen LogP contribution in [-0.4, -0.2) is 51.2 Å². The molecule has 0 radical (unpaired) electrons. The summed E-state index contributed by atoms with van der Waals surface area (Å²) in [5.41, 5.74) is 0. The van der Waals surface area contributed by atoms with Crippen LogP contribution >= 0.6 is 0 Å². The molecule has 0 aromatic heterocycles. The van der Waals surface area contributed by atoms with E-state index >= 15 is 0 Å². The summed E-state index contributed by atoms with van der Waals surface area (Å²) < 4.78 is 14.6. The van der Waals surface area contributed by atoms with E-state index in [1.807, 2.05) is 0 Å². The molecule has 0 fully saturated rings. The van der Waals surface area contributed by atoms with Gasteiger partial charge in [0.05, 0.1) is 20.3 Å². The van der Waals surface area contributed by atoms with Gasteiger partial charge in [-0.1, -0.05) is 0 Å². The van der Waals surface area contributed by atoms with Gasteiger partial charge in [-0.15, -0.1) is 0 Å². The number of methoxy groups -OCH3 is 1. The number of rotatable bonds is 10.